The molecule has 0 bridgehead atoms. The summed E-state index contributed by atoms with van der Waals surface area (Å²) >= 11 is 0. The molecule has 0 radical (unpaired) electrons. The third-order valence-electron chi connectivity index (χ3n) is 4.30. The number of methoxy groups -OCH3 is 1. The normalized spacial score (nSPS) is 18.9. The summed E-state index contributed by atoms with van der Waals surface area (Å²) in [5.74, 6) is 6.50. The summed E-state index contributed by atoms with van der Waals surface area (Å²) in [6, 6.07) is 8.96. The second-order valence-electron chi connectivity index (χ2n) is 5.50. The smallest absolute Gasteiger partial charge is 0.0778 e. The first-order valence-corrected chi connectivity index (χ1v) is 7.39. The van der Waals surface area contributed by atoms with Crippen LogP contribution in [-0.4, -0.2) is 13.2 Å². The van der Waals surface area contributed by atoms with Crippen LogP contribution in [0.1, 0.15) is 62.1 Å². The lowest BCUT2D eigenvalue weighted by Crippen LogP contribution is -2.37. The molecular weight excluding hydrogens is 236 g/mol. The van der Waals surface area contributed by atoms with Gasteiger partial charge in [-0.3, -0.25) is 11.3 Å². The molecule has 1 saturated carbocycles. The Morgan fingerprint density at radius 1 is 1.32 bits per heavy atom. The minimum absolute atomic E-state index is 0.0698. The maximum atomic E-state index is 5.72. The van der Waals surface area contributed by atoms with E-state index < -0.39 is 0 Å². The first-order chi connectivity index (χ1) is 9.30. The minimum Gasteiger partial charge on any atom is -0.379 e. The predicted molar refractivity (Wildman–Crippen MR) is 78.8 cm³/mol. The molecule has 2 atom stereocenters. The third-order valence-corrected chi connectivity index (χ3v) is 4.30. The molecule has 2 rings (SSSR count). The van der Waals surface area contributed by atoms with E-state index in [-0.39, 0.29) is 12.1 Å². The number of hydrazine groups is 1. The molecule has 0 aliphatic heterocycles. The average molecular weight is 262 g/mol. The Balaban J connectivity index is 2.08. The van der Waals surface area contributed by atoms with Gasteiger partial charge in [0.2, 0.25) is 0 Å². The van der Waals surface area contributed by atoms with Crippen molar-refractivity contribution in [3.05, 3.63) is 35.4 Å². The topological polar surface area (TPSA) is 47.3 Å². The van der Waals surface area contributed by atoms with Crippen LogP contribution in [0.5, 0.6) is 0 Å². The Morgan fingerprint density at radius 3 is 2.42 bits per heavy atom. The van der Waals surface area contributed by atoms with Crippen molar-refractivity contribution in [3.8, 4) is 0 Å². The van der Waals surface area contributed by atoms with E-state index in [2.05, 4.69) is 36.6 Å². The number of nitrogens with two attached hydrogens (primary N) is 1. The lowest BCUT2D eigenvalue weighted by Gasteiger charge is -2.28. The second-order valence-corrected chi connectivity index (χ2v) is 5.50. The summed E-state index contributed by atoms with van der Waals surface area (Å²) in [5.41, 5.74) is 5.59. The van der Waals surface area contributed by atoms with Gasteiger partial charge in [-0.15, -0.1) is 0 Å². The van der Waals surface area contributed by atoms with E-state index in [1.54, 1.807) is 7.11 Å². The summed E-state index contributed by atoms with van der Waals surface area (Å²) in [7, 11) is 1.76. The van der Waals surface area contributed by atoms with Crippen LogP contribution < -0.4 is 11.3 Å². The highest BCUT2D eigenvalue weighted by atomic mass is 16.5. The van der Waals surface area contributed by atoms with Crippen LogP contribution in [0, 0.1) is 0 Å². The molecule has 19 heavy (non-hydrogen) atoms. The van der Waals surface area contributed by atoms with Gasteiger partial charge >= 0.3 is 0 Å². The minimum atomic E-state index is 0.0698. The highest BCUT2D eigenvalue weighted by Crippen LogP contribution is 2.36. The van der Waals surface area contributed by atoms with Gasteiger partial charge in [-0.05, 0) is 36.3 Å². The number of rotatable bonds is 7. The van der Waals surface area contributed by atoms with Gasteiger partial charge in [0.1, 0.15) is 0 Å². The lowest BCUT2D eigenvalue weighted by molar-refractivity contribution is 0.0606. The van der Waals surface area contributed by atoms with Gasteiger partial charge in [-0.2, -0.15) is 0 Å². The number of ether oxygens (including phenoxy) is 1. The Morgan fingerprint density at radius 2 is 2.00 bits per heavy atom. The van der Waals surface area contributed by atoms with Gasteiger partial charge in [0.05, 0.1) is 12.1 Å². The Bertz CT molecular complexity index is 373. The Kier molecular flexibility index (Phi) is 5.37. The molecule has 0 saturated heterocycles. The standard InChI is InChI=1S/C16H26N2O/c1-3-5-15(19-2)16(18-17)14-10-8-13(9-11-14)12-6-4-7-12/h8-12,15-16,18H,3-7,17H2,1-2H3. The van der Waals surface area contributed by atoms with Crippen molar-refractivity contribution < 1.29 is 4.74 Å². The first-order valence-electron chi connectivity index (χ1n) is 7.39. The van der Waals surface area contributed by atoms with Gasteiger partial charge in [0, 0.05) is 7.11 Å². The average Bonchev–Trinajstić information content (AvgIpc) is 2.38. The van der Waals surface area contributed by atoms with Crippen molar-refractivity contribution in [2.24, 2.45) is 5.84 Å². The highest BCUT2D eigenvalue weighted by molar-refractivity contribution is 5.29. The molecular formula is C16H26N2O. The number of benzene rings is 1. The zero-order valence-corrected chi connectivity index (χ0v) is 12.1. The highest BCUT2D eigenvalue weighted by Gasteiger charge is 2.23. The molecule has 0 spiro atoms. The van der Waals surface area contributed by atoms with Crippen molar-refractivity contribution in [1.82, 2.24) is 5.43 Å². The van der Waals surface area contributed by atoms with Gasteiger partial charge in [-0.25, -0.2) is 0 Å². The van der Waals surface area contributed by atoms with E-state index in [4.69, 9.17) is 10.6 Å². The Labute approximate surface area is 116 Å². The molecule has 1 aromatic rings. The summed E-state index contributed by atoms with van der Waals surface area (Å²) in [6.07, 6.45) is 6.29. The number of nitrogens with one attached hydrogen (secondary N) is 1. The van der Waals surface area contributed by atoms with Crippen LogP contribution in [0.25, 0.3) is 0 Å². The van der Waals surface area contributed by atoms with E-state index >= 15 is 0 Å². The van der Waals surface area contributed by atoms with E-state index in [1.807, 2.05) is 0 Å². The fourth-order valence-electron chi connectivity index (χ4n) is 2.84. The van der Waals surface area contributed by atoms with E-state index in [0.29, 0.717) is 0 Å². The molecule has 0 heterocycles. The molecule has 1 fully saturated rings. The molecule has 1 aliphatic rings. The first kappa shape index (κ1) is 14.5. The van der Waals surface area contributed by atoms with E-state index in [1.165, 1.54) is 30.4 Å². The van der Waals surface area contributed by atoms with Crippen LogP contribution in [0.15, 0.2) is 24.3 Å². The molecule has 0 amide bonds. The number of hydrogen-bond donors (Lipinski definition) is 2. The van der Waals surface area contributed by atoms with Gasteiger partial charge < -0.3 is 4.74 Å². The van der Waals surface area contributed by atoms with Crippen molar-refractivity contribution >= 4 is 0 Å². The van der Waals surface area contributed by atoms with Crippen LogP contribution >= 0.6 is 0 Å². The quantitative estimate of drug-likeness (QED) is 0.585. The summed E-state index contributed by atoms with van der Waals surface area (Å²) < 4.78 is 5.57. The summed E-state index contributed by atoms with van der Waals surface area (Å²) in [6.45, 7) is 2.17. The maximum Gasteiger partial charge on any atom is 0.0778 e. The van der Waals surface area contributed by atoms with Crippen molar-refractivity contribution in [2.75, 3.05) is 7.11 Å². The maximum absolute atomic E-state index is 5.72. The van der Waals surface area contributed by atoms with Crippen LogP contribution in [0.4, 0.5) is 0 Å². The van der Waals surface area contributed by atoms with Gasteiger partial charge in [0.25, 0.3) is 0 Å². The Hall–Kier alpha value is -0.900. The van der Waals surface area contributed by atoms with Gasteiger partial charge in [0.15, 0.2) is 0 Å². The molecule has 3 N–H and O–H groups in total. The molecule has 3 heteroatoms. The van der Waals surface area contributed by atoms with E-state index in [9.17, 15) is 0 Å². The molecule has 0 aromatic heterocycles. The van der Waals surface area contributed by atoms with Gasteiger partial charge in [-0.1, -0.05) is 44.0 Å². The number of hydrogen-bond acceptors (Lipinski definition) is 3. The van der Waals surface area contributed by atoms with Crippen LogP contribution in [0.3, 0.4) is 0 Å². The largest absolute Gasteiger partial charge is 0.379 e. The predicted octanol–water partition coefficient (Wildman–Crippen LogP) is 3.27. The zero-order valence-electron chi connectivity index (χ0n) is 12.1. The van der Waals surface area contributed by atoms with Crippen molar-refractivity contribution in [3.63, 3.8) is 0 Å². The molecule has 106 valence electrons. The van der Waals surface area contributed by atoms with Crippen LogP contribution in [-0.2, 0) is 4.74 Å². The second kappa shape index (κ2) is 7.04. The molecule has 1 aliphatic carbocycles. The molecule has 2 unspecified atom stereocenters. The molecule has 1 aromatic carbocycles. The molecule has 3 nitrogen and oxygen atoms in total. The van der Waals surface area contributed by atoms with Crippen LogP contribution in [0.2, 0.25) is 0 Å². The fourth-order valence-corrected chi connectivity index (χ4v) is 2.84. The SMILES string of the molecule is CCCC(OC)C(NN)c1ccc(C2CCC2)cc1. The third kappa shape index (κ3) is 3.35. The summed E-state index contributed by atoms with van der Waals surface area (Å²) in [4.78, 5) is 0. The van der Waals surface area contributed by atoms with E-state index in [0.717, 1.165) is 18.8 Å². The van der Waals surface area contributed by atoms with Crippen molar-refractivity contribution in [2.45, 2.75) is 57.1 Å². The fraction of sp³-hybridized carbons (Fsp3) is 0.625. The van der Waals surface area contributed by atoms with Crippen molar-refractivity contribution in [1.29, 1.82) is 0 Å². The monoisotopic (exact) mass is 262 g/mol. The lowest BCUT2D eigenvalue weighted by atomic mass is 9.79. The summed E-state index contributed by atoms with van der Waals surface area (Å²) in [5, 5.41) is 0. The zero-order chi connectivity index (χ0) is 13.7.